The lowest BCUT2D eigenvalue weighted by molar-refractivity contribution is 0.318. The number of nitrogens with zero attached hydrogens (tertiary/aromatic N) is 3. The molecule has 0 saturated carbocycles. The Bertz CT molecular complexity index is 626. The summed E-state index contributed by atoms with van der Waals surface area (Å²) in [5.41, 5.74) is 7.12. The van der Waals surface area contributed by atoms with Crippen molar-refractivity contribution in [3.63, 3.8) is 0 Å². The Balaban J connectivity index is 2.33. The summed E-state index contributed by atoms with van der Waals surface area (Å²) in [5, 5.41) is 19.3. The molecule has 0 saturated heterocycles. The van der Waals surface area contributed by atoms with Gasteiger partial charge >= 0.3 is 0 Å². The van der Waals surface area contributed by atoms with E-state index in [0.717, 1.165) is 5.56 Å². The van der Waals surface area contributed by atoms with E-state index in [2.05, 4.69) is 29.2 Å². The molecule has 0 bridgehead atoms. The molecule has 0 radical (unpaired) electrons. The van der Waals surface area contributed by atoms with Gasteiger partial charge in [-0.15, -0.1) is 5.10 Å². The zero-order valence-electron chi connectivity index (χ0n) is 11.3. The third-order valence-electron chi connectivity index (χ3n) is 2.81. The van der Waals surface area contributed by atoms with E-state index in [1.165, 1.54) is 6.20 Å². The number of hydrogen-bond donors (Lipinski definition) is 2. The van der Waals surface area contributed by atoms with E-state index in [0.29, 0.717) is 17.2 Å². The maximum atomic E-state index is 8.75. The molecule has 1 aromatic carbocycles. The molecule has 0 spiro atoms. The van der Waals surface area contributed by atoms with E-state index in [-0.39, 0.29) is 11.7 Å². The predicted octanol–water partition coefficient (Wildman–Crippen LogP) is 2.49. The standard InChI is InChI=1S/C14H16N4O2/c1-9(2)10-4-3-5-11(8-10)20-14-12(13(15)18-19)6-7-16-17-14/h3-9,19H,1-2H3,(H2,15,18). The smallest absolute Gasteiger partial charge is 0.250 e. The first-order valence-corrected chi connectivity index (χ1v) is 6.19. The average Bonchev–Trinajstić information content (AvgIpc) is 2.47. The highest BCUT2D eigenvalue weighted by atomic mass is 16.5. The summed E-state index contributed by atoms with van der Waals surface area (Å²) in [6.07, 6.45) is 1.45. The molecule has 6 heteroatoms. The van der Waals surface area contributed by atoms with Crippen LogP contribution in [0.15, 0.2) is 41.7 Å². The van der Waals surface area contributed by atoms with Crippen LogP contribution in [0.2, 0.25) is 0 Å². The molecule has 3 N–H and O–H groups in total. The molecule has 1 heterocycles. The number of benzene rings is 1. The number of oxime groups is 1. The van der Waals surface area contributed by atoms with Crippen molar-refractivity contribution in [2.24, 2.45) is 10.9 Å². The second-order valence-electron chi connectivity index (χ2n) is 4.56. The van der Waals surface area contributed by atoms with Gasteiger partial charge < -0.3 is 15.7 Å². The van der Waals surface area contributed by atoms with Gasteiger partial charge in [-0.25, -0.2) is 0 Å². The van der Waals surface area contributed by atoms with Crippen LogP contribution in [0.1, 0.15) is 30.9 Å². The van der Waals surface area contributed by atoms with Gasteiger partial charge in [0.1, 0.15) is 5.75 Å². The SMILES string of the molecule is CC(C)c1cccc(Oc2nnccc2/C(N)=N/O)c1. The lowest BCUT2D eigenvalue weighted by Crippen LogP contribution is -2.15. The Morgan fingerprint density at radius 3 is 2.85 bits per heavy atom. The molecular formula is C14H16N4O2. The van der Waals surface area contributed by atoms with Crippen LogP contribution >= 0.6 is 0 Å². The molecule has 20 heavy (non-hydrogen) atoms. The summed E-state index contributed by atoms with van der Waals surface area (Å²) in [4.78, 5) is 0. The van der Waals surface area contributed by atoms with Crippen molar-refractivity contribution in [3.8, 4) is 11.6 Å². The number of aromatic nitrogens is 2. The largest absolute Gasteiger partial charge is 0.437 e. The van der Waals surface area contributed by atoms with E-state index in [1.54, 1.807) is 6.07 Å². The minimum atomic E-state index is -0.0742. The molecule has 104 valence electrons. The van der Waals surface area contributed by atoms with Crippen molar-refractivity contribution in [3.05, 3.63) is 47.7 Å². The Morgan fingerprint density at radius 2 is 2.15 bits per heavy atom. The molecule has 0 unspecified atom stereocenters. The van der Waals surface area contributed by atoms with Crippen molar-refractivity contribution < 1.29 is 9.94 Å². The van der Waals surface area contributed by atoms with Crippen molar-refractivity contribution in [1.29, 1.82) is 0 Å². The summed E-state index contributed by atoms with van der Waals surface area (Å²) in [5.74, 6) is 1.14. The summed E-state index contributed by atoms with van der Waals surface area (Å²) in [6, 6.07) is 9.25. The fourth-order valence-electron chi connectivity index (χ4n) is 1.69. The summed E-state index contributed by atoms with van der Waals surface area (Å²) < 4.78 is 5.68. The van der Waals surface area contributed by atoms with E-state index in [4.69, 9.17) is 15.7 Å². The predicted molar refractivity (Wildman–Crippen MR) is 75.1 cm³/mol. The minimum Gasteiger partial charge on any atom is -0.437 e. The van der Waals surface area contributed by atoms with Crippen LogP contribution in [0.25, 0.3) is 0 Å². The average molecular weight is 272 g/mol. The molecule has 0 fully saturated rings. The molecule has 0 aliphatic rings. The fourth-order valence-corrected chi connectivity index (χ4v) is 1.69. The molecule has 6 nitrogen and oxygen atoms in total. The first-order chi connectivity index (χ1) is 9.61. The van der Waals surface area contributed by atoms with Gasteiger partial charge in [-0.05, 0) is 29.7 Å². The third kappa shape index (κ3) is 3.03. The molecule has 0 amide bonds. The number of nitrogens with two attached hydrogens (primary N) is 1. The van der Waals surface area contributed by atoms with Crippen LogP contribution in [0.3, 0.4) is 0 Å². The Kier molecular flexibility index (Phi) is 4.14. The number of hydrogen-bond acceptors (Lipinski definition) is 5. The summed E-state index contributed by atoms with van der Waals surface area (Å²) in [6.45, 7) is 4.20. The van der Waals surface area contributed by atoms with Crippen LogP contribution < -0.4 is 10.5 Å². The maximum Gasteiger partial charge on any atom is 0.250 e. The van der Waals surface area contributed by atoms with Gasteiger partial charge in [0.2, 0.25) is 5.88 Å². The van der Waals surface area contributed by atoms with Gasteiger partial charge in [0.15, 0.2) is 5.84 Å². The van der Waals surface area contributed by atoms with Gasteiger partial charge in [-0.3, -0.25) is 0 Å². The van der Waals surface area contributed by atoms with Gasteiger partial charge in [0.05, 0.1) is 11.8 Å². The number of rotatable bonds is 4. The lowest BCUT2D eigenvalue weighted by atomic mass is 10.0. The van der Waals surface area contributed by atoms with Crippen LogP contribution in [-0.4, -0.2) is 21.2 Å². The van der Waals surface area contributed by atoms with Crippen LogP contribution in [0, 0.1) is 0 Å². The second-order valence-corrected chi connectivity index (χ2v) is 4.56. The van der Waals surface area contributed by atoms with E-state index in [1.807, 2.05) is 24.3 Å². The number of ether oxygens (including phenoxy) is 1. The third-order valence-corrected chi connectivity index (χ3v) is 2.81. The van der Waals surface area contributed by atoms with Gasteiger partial charge in [0.25, 0.3) is 0 Å². The topological polar surface area (TPSA) is 93.6 Å². The van der Waals surface area contributed by atoms with Crippen LogP contribution in [0.5, 0.6) is 11.6 Å². The molecule has 0 atom stereocenters. The molecular weight excluding hydrogens is 256 g/mol. The molecule has 2 aromatic rings. The molecule has 1 aromatic heterocycles. The second kappa shape index (κ2) is 6.01. The highest BCUT2D eigenvalue weighted by molar-refractivity contribution is 5.98. The quantitative estimate of drug-likeness (QED) is 0.386. The van der Waals surface area contributed by atoms with Crippen molar-refractivity contribution in [2.45, 2.75) is 19.8 Å². The lowest BCUT2D eigenvalue weighted by Gasteiger charge is -2.10. The van der Waals surface area contributed by atoms with Crippen LogP contribution in [0.4, 0.5) is 0 Å². The zero-order chi connectivity index (χ0) is 14.5. The molecule has 2 rings (SSSR count). The molecule has 0 aliphatic heterocycles. The Morgan fingerprint density at radius 1 is 1.35 bits per heavy atom. The maximum absolute atomic E-state index is 8.75. The minimum absolute atomic E-state index is 0.0742. The van der Waals surface area contributed by atoms with Crippen LogP contribution in [-0.2, 0) is 0 Å². The first kappa shape index (κ1) is 13.8. The number of amidine groups is 1. The highest BCUT2D eigenvalue weighted by Crippen LogP contribution is 2.25. The molecule has 0 aliphatic carbocycles. The van der Waals surface area contributed by atoms with Gasteiger partial charge in [0, 0.05) is 0 Å². The van der Waals surface area contributed by atoms with Crippen molar-refractivity contribution in [2.75, 3.05) is 0 Å². The van der Waals surface area contributed by atoms with Crippen molar-refractivity contribution in [1.82, 2.24) is 10.2 Å². The summed E-state index contributed by atoms with van der Waals surface area (Å²) >= 11 is 0. The highest BCUT2D eigenvalue weighted by Gasteiger charge is 2.11. The van der Waals surface area contributed by atoms with E-state index in [9.17, 15) is 0 Å². The van der Waals surface area contributed by atoms with E-state index >= 15 is 0 Å². The zero-order valence-corrected chi connectivity index (χ0v) is 11.3. The normalized spacial score (nSPS) is 11.7. The van der Waals surface area contributed by atoms with Gasteiger partial charge in [-0.2, -0.15) is 5.10 Å². The summed E-state index contributed by atoms with van der Waals surface area (Å²) in [7, 11) is 0. The Labute approximate surface area is 116 Å². The van der Waals surface area contributed by atoms with Gasteiger partial charge in [-0.1, -0.05) is 31.1 Å². The Hall–Kier alpha value is -2.63. The monoisotopic (exact) mass is 272 g/mol. The van der Waals surface area contributed by atoms with Crippen molar-refractivity contribution >= 4 is 5.84 Å². The first-order valence-electron chi connectivity index (χ1n) is 6.19. The van der Waals surface area contributed by atoms with E-state index < -0.39 is 0 Å². The fraction of sp³-hybridized carbons (Fsp3) is 0.214.